The van der Waals surface area contributed by atoms with Gasteiger partial charge in [0.05, 0.1) is 21.8 Å². The number of hydrogen-bond acceptors (Lipinski definition) is 3. The van der Waals surface area contributed by atoms with E-state index in [1.165, 1.54) is 10.4 Å². The van der Waals surface area contributed by atoms with E-state index in [0.717, 1.165) is 12.8 Å². The Balaban J connectivity index is 2.06. The molecule has 1 atom stereocenters. The van der Waals surface area contributed by atoms with E-state index in [0.29, 0.717) is 5.69 Å². The van der Waals surface area contributed by atoms with Gasteiger partial charge < -0.3 is 0 Å². The highest BCUT2D eigenvalue weighted by molar-refractivity contribution is 7.89. The quantitative estimate of drug-likeness (QED) is 0.787. The highest BCUT2D eigenvalue weighted by Crippen LogP contribution is 2.41. The van der Waals surface area contributed by atoms with Gasteiger partial charge >= 0.3 is 0 Å². The van der Waals surface area contributed by atoms with Gasteiger partial charge in [-0.3, -0.25) is 4.98 Å². The molecule has 3 rings (SSSR count). The molecule has 0 saturated heterocycles. The fraction of sp³-hybridized carbons (Fsp3) is 0.312. The normalized spacial score (nSPS) is 16.5. The molecule has 1 aromatic heterocycles. The maximum Gasteiger partial charge on any atom is 0.245 e. The summed E-state index contributed by atoms with van der Waals surface area (Å²) in [5.41, 5.74) is 0.709. The molecule has 2 aromatic rings. The first kappa shape index (κ1) is 16.7. The number of hydrogen-bond donors (Lipinski definition) is 0. The van der Waals surface area contributed by atoms with E-state index in [2.05, 4.69) is 4.98 Å². The van der Waals surface area contributed by atoms with E-state index in [1.807, 2.05) is 19.1 Å². The molecule has 1 fully saturated rings. The van der Waals surface area contributed by atoms with Crippen molar-refractivity contribution in [1.82, 2.24) is 9.29 Å². The van der Waals surface area contributed by atoms with Crippen LogP contribution >= 0.6 is 23.2 Å². The smallest absolute Gasteiger partial charge is 0.245 e. The van der Waals surface area contributed by atoms with Crippen LogP contribution in [0.15, 0.2) is 47.5 Å². The third kappa shape index (κ3) is 3.24. The summed E-state index contributed by atoms with van der Waals surface area (Å²) < 4.78 is 27.8. The van der Waals surface area contributed by atoms with E-state index in [1.54, 1.807) is 24.4 Å². The minimum Gasteiger partial charge on any atom is -0.260 e. The highest BCUT2D eigenvalue weighted by atomic mass is 35.5. The van der Waals surface area contributed by atoms with Crippen LogP contribution in [0.25, 0.3) is 0 Å². The van der Waals surface area contributed by atoms with Crippen LogP contribution in [0.4, 0.5) is 0 Å². The molecule has 1 aliphatic carbocycles. The predicted octanol–water partition coefficient (Wildman–Crippen LogP) is 4.30. The Kier molecular flexibility index (Phi) is 4.65. The maximum absolute atomic E-state index is 13.2. The van der Waals surface area contributed by atoms with Gasteiger partial charge in [0.25, 0.3) is 0 Å². The Morgan fingerprint density at radius 2 is 1.91 bits per heavy atom. The number of rotatable bonds is 5. The van der Waals surface area contributed by atoms with Crippen molar-refractivity contribution in [3.63, 3.8) is 0 Å². The van der Waals surface area contributed by atoms with E-state index in [9.17, 15) is 8.42 Å². The number of pyridine rings is 1. The average Bonchev–Trinajstić information content (AvgIpc) is 3.35. The number of sulfonamides is 1. The third-order valence-corrected chi connectivity index (χ3v) is 6.87. The predicted molar refractivity (Wildman–Crippen MR) is 91.2 cm³/mol. The standard InChI is InChI=1S/C16H16Cl2N2O2S/c1-11(14-6-2-3-10-19-14)20(12-8-9-12)23(21,22)15-7-4-5-13(17)16(15)18/h2-7,10-12H,8-9H2,1H3. The average molecular weight is 371 g/mol. The summed E-state index contributed by atoms with van der Waals surface area (Å²) in [6.07, 6.45) is 3.35. The highest BCUT2D eigenvalue weighted by Gasteiger charge is 2.42. The van der Waals surface area contributed by atoms with Crippen molar-refractivity contribution >= 4 is 33.2 Å². The lowest BCUT2D eigenvalue weighted by atomic mass is 10.2. The zero-order chi connectivity index (χ0) is 16.6. The molecule has 0 aliphatic heterocycles. The van der Waals surface area contributed by atoms with Crippen molar-refractivity contribution in [2.24, 2.45) is 0 Å². The second kappa shape index (κ2) is 6.40. The van der Waals surface area contributed by atoms with Gasteiger partial charge in [-0.15, -0.1) is 0 Å². The second-order valence-electron chi connectivity index (χ2n) is 5.55. The SMILES string of the molecule is CC(c1ccccn1)N(C1CC1)S(=O)(=O)c1cccc(Cl)c1Cl. The molecule has 23 heavy (non-hydrogen) atoms. The molecule has 1 aliphatic rings. The molecule has 1 heterocycles. The number of nitrogens with zero attached hydrogens (tertiary/aromatic N) is 2. The lowest BCUT2D eigenvalue weighted by molar-refractivity contribution is 0.329. The van der Waals surface area contributed by atoms with Gasteiger partial charge in [0.1, 0.15) is 4.90 Å². The molecule has 0 radical (unpaired) electrons. The monoisotopic (exact) mass is 370 g/mol. The Hall–Kier alpha value is -1.14. The molecule has 7 heteroatoms. The summed E-state index contributed by atoms with van der Waals surface area (Å²) in [7, 11) is -3.76. The Labute approximate surface area is 146 Å². The van der Waals surface area contributed by atoms with Gasteiger partial charge in [0.15, 0.2) is 0 Å². The summed E-state index contributed by atoms with van der Waals surface area (Å²) in [5.74, 6) is 0. The van der Waals surface area contributed by atoms with Crippen LogP contribution in [0.5, 0.6) is 0 Å². The molecular weight excluding hydrogens is 355 g/mol. The van der Waals surface area contributed by atoms with Gasteiger partial charge in [0.2, 0.25) is 10.0 Å². The Morgan fingerprint density at radius 1 is 1.17 bits per heavy atom. The van der Waals surface area contributed by atoms with Crippen molar-refractivity contribution in [2.75, 3.05) is 0 Å². The summed E-state index contributed by atoms with van der Waals surface area (Å²) >= 11 is 12.1. The molecule has 122 valence electrons. The van der Waals surface area contributed by atoms with E-state index in [4.69, 9.17) is 23.2 Å². The molecule has 1 saturated carbocycles. The molecule has 0 amide bonds. The zero-order valence-corrected chi connectivity index (χ0v) is 14.8. The molecule has 0 bridgehead atoms. The van der Waals surface area contributed by atoms with Gasteiger partial charge in [-0.2, -0.15) is 4.31 Å². The second-order valence-corrected chi connectivity index (χ2v) is 8.15. The number of aromatic nitrogens is 1. The van der Waals surface area contributed by atoms with Crippen LogP contribution in [0, 0.1) is 0 Å². The fourth-order valence-corrected chi connectivity index (χ4v) is 5.19. The van der Waals surface area contributed by atoms with E-state index >= 15 is 0 Å². The van der Waals surface area contributed by atoms with Crippen LogP contribution in [0.2, 0.25) is 10.0 Å². The fourth-order valence-electron chi connectivity index (χ4n) is 2.60. The van der Waals surface area contributed by atoms with Crippen LogP contribution < -0.4 is 0 Å². The van der Waals surface area contributed by atoms with Crippen LogP contribution in [0.3, 0.4) is 0 Å². The Morgan fingerprint density at radius 3 is 2.52 bits per heavy atom. The first-order valence-electron chi connectivity index (χ1n) is 7.31. The van der Waals surface area contributed by atoms with Crippen molar-refractivity contribution in [3.8, 4) is 0 Å². The van der Waals surface area contributed by atoms with Crippen LogP contribution in [0.1, 0.15) is 31.5 Å². The molecule has 0 spiro atoms. The van der Waals surface area contributed by atoms with E-state index < -0.39 is 10.0 Å². The third-order valence-electron chi connectivity index (χ3n) is 3.88. The van der Waals surface area contributed by atoms with Crippen molar-refractivity contribution in [1.29, 1.82) is 0 Å². The largest absolute Gasteiger partial charge is 0.260 e. The summed E-state index contributed by atoms with van der Waals surface area (Å²) in [4.78, 5) is 4.33. The van der Waals surface area contributed by atoms with Gasteiger partial charge in [-0.05, 0) is 44.0 Å². The zero-order valence-electron chi connectivity index (χ0n) is 12.5. The first-order chi connectivity index (χ1) is 10.9. The van der Waals surface area contributed by atoms with Gasteiger partial charge in [-0.1, -0.05) is 35.3 Å². The van der Waals surface area contributed by atoms with Crippen molar-refractivity contribution < 1.29 is 8.42 Å². The molecule has 1 aromatic carbocycles. The minimum absolute atomic E-state index is 0.0212. The van der Waals surface area contributed by atoms with Crippen molar-refractivity contribution in [2.45, 2.75) is 36.7 Å². The molecule has 4 nitrogen and oxygen atoms in total. The number of benzene rings is 1. The summed E-state index contributed by atoms with van der Waals surface area (Å²) in [5, 5.41) is 0.294. The van der Waals surface area contributed by atoms with E-state index in [-0.39, 0.29) is 27.0 Å². The lowest BCUT2D eigenvalue weighted by Gasteiger charge is -2.28. The molecule has 0 N–H and O–H groups in total. The number of halogens is 2. The van der Waals surface area contributed by atoms with Crippen LogP contribution in [-0.2, 0) is 10.0 Å². The first-order valence-corrected chi connectivity index (χ1v) is 9.51. The molecule has 1 unspecified atom stereocenters. The minimum atomic E-state index is -3.76. The summed E-state index contributed by atoms with van der Waals surface area (Å²) in [6, 6.07) is 9.75. The molecular formula is C16H16Cl2N2O2S. The van der Waals surface area contributed by atoms with Gasteiger partial charge in [0, 0.05) is 12.2 Å². The van der Waals surface area contributed by atoms with Crippen molar-refractivity contribution in [3.05, 3.63) is 58.3 Å². The Bertz CT molecular complexity index is 808. The van der Waals surface area contributed by atoms with Crippen LogP contribution in [-0.4, -0.2) is 23.7 Å². The topological polar surface area (TPSA) is 50.3 Å². The van der Waals surface area contributed by atoms with Gasteiger partial charge in [-0.25, -0.2) is 8.42 Å². The lowest BCUT2D eigenvalue weighted by Crippen LogP contribution is -2.36. The summed E-state index contributed by atoms with van der Waals surface area (Å²) in [6.45, 7) is 1.84. The maximum atomic E-state index is 13.2.